The first-order valence-corrected chi connectivity index (χ1v) is 11.0. The Hall–Kier alpha value is -2.38. The Labute approximate surface area is 169 Å². The molecule has 28 heavy (non-hydrogen) atoms. The number of carbonyl (C=O) groups is 1. The van der Waals surface area contributed by atoms with Crippen molar-refractivity contribution in [3.8, 4) is 0 Å². The van der Waals surface area contributed by atoms with Gasteiger partial charge in [0.05, 0.1) is 5.69 Å². The van der Waals surface area contributed by atoms with Crippen molar-refractivity contribution in [3.05, 3.63) is 58.6 Å². The van der Waals surface area contributed by atoms with E-state index in [0.29, 0.717) is 23.0 Å². The number of halogens is 1. The lowest BCUT2D eigenvalue weighted by Gasteiger charge is -2.29. The van der Waals surface area contributed by atoms with E-state index in [9.17, 15) is 13.2 Å². The summed E-state index contributed by atoms with van der Waals surface area (Å²) in [6.45, 7) is 0.996. The molecule has 1 saturated heterocycles. The number of amidine groups is 1. The summed E-state index contributed by atoms with van der Waals surface area (Å²) < 4.78 is 29.4. The third-order valence-electron chi connectivity index (χ3n) is 5.01. The maximum absolute atomic E-state index is 12.7. The monoisotopic (exact) mass is 417 g/mol. The zero-order valence-corrected chi connectivity index (χ0v) is 16.8. The highest BCUT2D eigenvalue weighted by Gasteiger charge is 2.32. The molecule has 6 nitrogen and oxygen atoms in total. The Bertz CT molecular complexity index is 1070. The Morgan fingerprint density at radius 3 is 2.79 bits per heavy atom. The molecule has 0 saturated carbocycles. The molecule has 2 aromatic rings. The van der Waals surface area contributed by atoms with E-state index in [1.807, 2.05) is 23.1 Å². The number of anilines is 1. The molecule has 1 fully saturated rings. The van der Waals surface area contributed by atoms with E-state index in [1.165, 1.54) is 6.07 Å². The van der Waals surface area contributed by atoms with Crippen LogP contribution in [0.3, 0.4) is 0 Å². The van der Waals surface area contributed by atoms with Crippen LogP contribution in [0.15, 0.2) is 51.8 Å². The van der Waals surface area contributed by atoms with Crippen LogP contribution >= 0.6 is 11.6 Å². The molecule has 4 rings (SSSR count). The van der Waals surface area contributed by atoms with Gasteiger partial charge in [-0.3, -0.25) is 4.79 Å². The summed E-state index contributed by atoms with van der Waals surface area (Å²) in [6.07, 6.45) is 3.62. The van der Waals surface area contributed by atoms with Gasteiger partial charge in [0, 0.05) is 30.1 Å². The first kappa shape index (κ1) is 19.0. The van der Waals surface area contributed by atoms with Crippen LogP contribution in [0.5, 0.6) is 0 Å². The predicted molar refractivity (Wildman–Crippen MR) is 109 cm³/mol. The SMILES string of the molecule is O=C(NCc1ccccc1Cl)c1ccc2c(c1)S(=O)(=O)N=C1CCCCCN12. The number of hydrogen-bond donors (Lipinski definition) is 1. The molecule has 0 atom stereocenters. The van der Waals surface area contributed by atoms with Crippen LogP contribution in [0.4, 0.5) is 5.69 Å². The first-order valence-electron chi connectivity index (χ1n) is 9.23. The number of hydrogen-bond acceptors (Lipinski definition) is 4. The van der Waals surface area contributed by atoms with Crippen molar-refractivity contribution in [1.82, 2.24) is 5.32 Å². The first-order chi connectivity index (χ1) is 13.5. The molecule has 1 amide bonds. The standard InChI is InChI=1S/C20H20ClN3O3S/c21-16-7-4-3-6-15(16)13-22-20(25)14-9-10-17-18(12-14)28(26,27)23-19-8-2-1-5-11-24(17)19/h3-4,6-7,9-10,12H,1-2,5,8,11,13H2,(H,22,25). The Morgan fingerprint density at radius 2 is 1.96 bits per heavy atom. The largest absolute Gasteiger partial charge is 0.348 e. The van der Waals surface area contributed by atoms with Crippen LogP contribution in [-0.4, -0.2) is 26.7 Å². The van der Waals surface area contributed by atoms with E-state index in [0.717, 1.165) is 31.4 Å². The highest BCUT2D eigenvalue weighted by molar-refractivity contribution is 7.90. The maximum atomic E-state index is 12.7. The summed E-state index contributed by atoms with van der Waals surface area (Å²) in [5.41, 5.74) is 1.68. The van der Waals surface area contributed by atoms with Gasteiger partial charge in [-0.25, -0.2) is 0 Å². The summed E-state index contributed by atoms with van der Waals surface area (Å²) >= 11 is 6.11. The lowest BCUT2D eigenvalue weighted by molar-refractivity contribution is 0.0950. The van der Waals surface area contributed by atoms with Gasteiger partial charge in [0.2, 0.25) is 0 Å². The maximum Gasteiger partial charge on any atom is 0.286 e. The van der Waals surface area contributed by atoms with Crippen LogP contribution < -0.4 is 10.2 Å². The average Bonchev–Trinajstić information content (AvgIpc) is 2.91. The minimum Gasteiger partial charge on any atom is -0.348 e. The number of fused-ring (bicyclic) bond motifs is 3. The highest BCUT2D eigenvalue weighted by Crippen LogP contribution is 2.35. The second-order valence-electron chi connectivity index (χ2n) is 6.90. The number of rotatable bonds is 3. The Kier molecular flexibility index (Phi) is 5.12. The number of sulfonamides is 1. The fourth-order valence-electron chi connectivity index (χ4n) is 3.54. The van der Waals surface area contributed by atoms with E-state index >= 15 is 0 Å². The fourth-order valence-corrected chi connectivity index (χ4v) is 5.03. The van der Waals surface area contributed by atoms with Gasteiger partial charge in [-0.1, -0.05) is 36.2 Å². The molecule has 146 valence electrons. The minimum atomic E-state index is -3.81. The van der Waals surface area contributed by atoms with Crippen molar-refractivity contribution in [1.29, 1.82) is 0 Å². The molecular weight excluding hydrogens is 398 g/mol. The van der Waals surface area contributed by atoms with Crippen LogP contribution in [0.25, 0.3) is 0 Å². The number of nitrogens with zero attached hydrogens (tertiary/aromatic N) is 2. The third kappa shape index (κ3) is 3.64. The van der Waals surface area contributed by atoms with Gasteiger partial charge < -0.3 is 10.2 Å². The lowest BCUT2D eigenvalue weighted by Crippen LogP contribution is -2.35. The minimum absolute atomic E-state index is 0.0866. The molecule has 8 heteroatoms. The van der Waals surface area contributed by atoms with Crippen molar-refractivity contribution in [2.24, 2.45) is 4.40 Å². The molecule has 0 aromatic heterocycles. The van der Waals surface area contributed by atoms with E-state index in [4.69, 9.17) is 11.6 Å². The van der Waals surface area contributed by atoms with Crippen molar-refractivity contribution < 1.29 is 13.2 Å². The van der Waals surface area contributed by atoms with Gasteiger partial charge in [0.15, 0.2) is 0 Å². The zero-order chi connectivity index (χ0) is 19.7. The zero-order valence-electron chi connectivity index (χ0n) is 15.2. The number of nitrogens with one attached hydrogen (secondary N) is 1. The molecule has 2 aromatic carbocycles. The second-order valence-corrected chi connectivity index (χ2v) is 8.88. The molecule has 2 aliphatic rings. The summed E-state index contributed by atoms with van der Waals surface area (Å²) in [7, 11) is -3.81. The van der Waals surface area contributed by atoms with E-state index in [1.54, 1.807) is 18.2 Å². The summed E-state index contributed by atoms with van der Waals surface area (Å²) in [6, 6.07) is 12.0. The smallest absolute Gasteiger partial charge is 0.286 e. The average molecular weight is 418 g/mol. The summed E-state index contributed by atoms with van der Waals surface area (Å²) in [5.74, 6) is 0.240. The molecule has 0 spiro atoms. The molecular formula is C20H20ClN3O3S. The van der Waals surface area contributed by atoms with Gasteiger partial charge in [0.25, 0.3) is 15.9 Å². The lowest BCUT2D eigenvalue weighted by atomic mass is 10.1. The number of amides is 1. The van der Waals surface area contributed by atoms with E-state index in [2.05, 4.69) is 9.71 Å². The quantitative estimate of drug-likeness (QED) is 0.824. The van der Waals surface area contributed by atoms with Gasteiger partial charge >= 0.3 is 0 Å². The van der Waals surface area contributed by atoms with Crippen molar-refractivity contribution in [2.45, 2.75) is 37.1 Å². The predicted octanol–water partition coefficient (Wildman–Crippen LogP) is 3.75. The summed E-state index contributed by atoms with van der Waals surface area (Å²) in [4.78, 5) is 14.6. The highest BCUT2D eigenvalue weighted by atomic mass is 35.5. The Morgan fingerprint density at radius 1 is 1.14 bits per heavy atom. The Balaban J connectivity index is 1.61. The van der Waals surface area contributed by atoms with Gasteiger partial charge in [0.1, 0.15) is 10.7 Å². The fraction of sp³-hybridized carbons (Fsp3) is 0.300. The molecule has 2 heterocycles. The van der Waals surface area contributed by atoms with Crippen molar-refractivity contribution >= 4 is 39.1 Å². The molecule has 0 aliphatic carbocycles. The van der Waals surface area contributed by atoms with E-state index < -0.39 is 10.0 Å². The molecule has 0 radical (unpaired) electrons. The van der Waals surface area contributed by atoms with Crippen LogP contribution in [0, 0.1) is 0 Å². The third-order valence-corrected chi connectivity index (χ3v) is 6.71. The van der Waals surface area contributed by atoms with Gasteiger partial charge in [-0.2, -0.15) is 8.42 Å². The van der Waals surface area contributed by atoms with Crippen LogP contribution in [0.2, 0.25) is 5.02 Å². The normalized spacial score (nSPS) is 17.8. The number of benzene rings is 2. The number of carbonyl (C=O) groups excluding carboxylic acids is 1. The molecule has 0 unspecified atom stereocenters. The van der Waals surface area contributed by atoms with Crippen molar-refractivity contribution in [2.75, 3.05) is 11.4 Å². The van der Waals surface area contributed by atoms with Crippen LogP contribution in [-0.2, 0) is 16.6 Å². The molecule has 2 aliphatic heterocycles. The summed E-state index contributed by atoms with van der Waals surface area (Å²) in [5, 5.41) is 3.36. The van der Waals surface area contributed by atoms with Gasteiger partial charge in [-0.05, 0) is 42.7 Å². The van der Waals surface area contributed by atoms with E-state index in [-0.39, 0.29) is 22.9 Å². The molecule has 0 bridgehead atoms. The topological polar surface area (TPSA) is 78.8 Å². The second kappa shape index (κ2) is 7.56. The molecule has 1 N–H and O–H groups in total. The van der Waals surface area contributed by atoms with Crippen molar-refractivity contribution in [3.63, 3.8) is 0 Å². The van der Waals surface area contributed by atoms with Crippen LogP contribution in [0.1, 0.15) is 41.6 Å². The van der Waals surface area contributed by atoms with Gasteiger partial charge in [-0.15, -0.1) is 4.40 Å².